The van der Waals surface area contributed by atoms with Crippen LogP contribution in [0.4, 0.5) is 5.82 Å². The molecule has 2 N–H and O–H groups in total. The molecule has 0 saturated heterocycles. The van der Waals surface area contributed by atoms with Gasteiger partial charge in [-0.1, -0.05) is 30.3 Å². The summed E-state index contributed by atoms with van der Waals surface area (Å²) in [5.41, 5.74) is 2.97. The van der Waals surface area contributed by atoms with Crippen LogP contribution >= 0.6 is 0 Å². The highest BCUT2D eigenvalue weighted by molar-refractivity contribution is 5.78. The van der Waals surface area contributed by atoms with Crippen LogP contribution in [0.3, 0.4) is 0 Å². The molecule has 98 valence electrons. The zero-order valence-corrected chi connectivity index (χ0v) is 11.2. The van der Waals surface area contributed by atoms with Gasteiger partial charge in [0.25, 0.3) is 5.82 Å². The standard InChI is InChI=1S/C13H13N5.ClH/c1-14-12-11-13(16-8-15-12)18(9-17-11)7-10-5-3-2-4-6-10;/h2-6,8-9H,7H2,1H3,(H,14,15,16);1H. The second-order valence-electron chi connectivity index (χ2n) is 4.08. The van der Waals surface area contributed by atoms with Crippen LogP contribution in [0.1, 0.15) is 5.56 Å². The SMILES string of the molecule is C[NH2+]c1ncnc2c1ncn2Cc1ccccc1.[Cl-]. The van der Waals surface area contributed by atoms with E-state index in [9.17, 15) is 0 Å². The van der Waals surface area contributed by atoms with Crippen LogP contribution in [-0.4, -0.2) is 26.6 Å². The van der Waals surface area contributed by atoms with E-state index in [1.54, 1.807) is 6.33 Å². The average Bonchev–Trinajstić information content (AvgIpc) is 2.83. The summed E-state index contributed by atoms with van der Waals surface area (Å²) in [6.07, 6.45) is 3.40. The van der Waals surface area contributed by atoms with Crippen molar-refractivity contribution in [3.05, 3.63) is 48.5 Å². The highest BCUT2D eigenvalue weighted by Crippen LogP contribution is 2.14. The van der Waals surface area contributed by atoms with Crippen LogP contribution in [0.25, 0.3) is 11.2 Å². The smallest absolute Gasteiger partial charge is 0.255 e. The Morgan fingerprint density at radius 3 is 2.63 bits per heavy atom. The normalized spacial score (nSPS) is 10.4. The van der Waals surface area contributed by atoms with Gasteiger partial charge in [-0.25, -0.2) is 9.97 Å². The van der Waals surface area contributed by atoms with E-state index < -0.39 is 0 Å². The van der Waals surface area contributed by atoms with Crippen molar-refractivity contribution >= 4 is 17.0 Å². The van der Waals surface area contributed by atoms with Crippen molar-refractivity contribution in [3.63, 3.8) is 0 Å². The Morgan fingerprint density at radius 2 is 1.89 bits per heavy atom. The zero-order chi connectivity index (χ0) is 12.4. The van der Waals surface area contributed by atoms with Gasteiger partial charge in [0.1, 0.15) is 6.33 Å². The summed E-state index contributed by atoms with van der Waals surface area (Å²) in [6.45, 7) is 0.775. The van der Waals surface area contributed by atoms with Crippen molar-refractivity contribution in [3.8, 4) is 0 Å². The monoisotopic (exact) mass is 275 g/mol. The molecular formula is C13H14ClN5. The Labute approximate surface area is 117 Å². The fourth-order valence-electron chi connectivity index (χ4n) is 2.01. The first-order valence-electron chi connectivity index (χ1n) is 5.87. The summed E-state index contributed by atoms with van der Waals surface area (Å²) in [7, 11) is 1.96. The van der Waals surface area contributed by atoms with Crippen molar-refractivity contribution in [2.45, 2.75) is 6.54 Å². The first kappa shape index (κ1) is 13.5. The molecule has 19 heavy (non-hydrogen) atoms. The number of hydrogen-bond donors (Lipinski definition) is 1. The predicted molar refractivity (Wildman–Crippen MR) is 68.4 cm³/mol. The molecule has 0 aliphatic carbocycles. The van der Waals surface area contributed by atoms with Crippen LogP contribution in [-0.2, 0) is 6.54 Å². The predicted octanol–water partition coefficient (Wildman–Crippen LogP) is -2.30. The van der Waals surface area contributed by atoms with Crippen LogP contribution in [0.2, 0.25) is 0 Å². The lowest BCUT2D eigenvalue weighted by molar-refractivity contribution is -0.541. The Balaban J connectivity index is 0.00000133. The molecule has 0 radical (unpaired) electrons. The maximum Gasteiger partial charge on any atom is 0.255 e. The highest BCUT2D eigenvalue weighted by atomic mass is 35.5. The van der Waals surface area contributed by atoms with E-state index >= 15 is 0 Å². The molecule has 6 heteroatoms. The number of imidazole rings is 1. The molecule has 3 rings (SSSR count). The van der Waals surface area contributed by atoms with E-state index in [1.807, 2.05) is 41.5 Å². The molecule has 2 aromatic heterocycles. The largest absolute Gasteiger partial charge is 1.00 e. The third-order valence-corrected chi connectivity index (χ3v) is 2.90. The minimum absolute atomic E-state index is 0. The van der Waals surface area contributed by atoms with Crippen molar-refractivity contribution in [1.82, 2.24) is 19.5 Å². The minimum Gasteiger partial charge on any atom is -1.00 e. The number of fused-ring (bicyclic) bond motifs is 1. The van der Waals surface area contributed by atoms with E-state index in [1.165, 1.54) is 5.56 Å². The van der Waals surface area contributed by atoms with Gasteiger partial charge < -0.3 is 17.0 Å². The Bertz CT molecular complexity index is 665. The summed E-state index contributed by atoms with van der Waals surface area (Å²) >= 11 is 0. The molecular weight excluding hydrogens is 262 g/mol. The average molecular weight is 276 g/mol. The molecule has 2 heterocycles. The number of aromatic nitrogens is 4. The summed E-state index contributed by atoms with van der Waals surface area (Å²) in [5, 5.41) is 1.95. The zero-order valence-electron chi connectivity index (χ0n) is 10.5. The van der Waals surface area contributed by atoms with Crippen molar-refractivity contribution in [1.29, 1.82) is 0 Å². The van der Waals surface area contributed by atoms with E-state index in [2.05, 4.69) is 27.1 Å². The van der Waals surface area contributed by atoms with Crippen molar-refractivity contribution in [2.24, 2.45) is 0 Å². The second kappa shape index (κ2) is 5.77. The molecule has 1 aromatic carbocycles. The first-order valence-corrected chi connectivity index (χ1v) is 5.87. The van der Waals surface area contributed by atoms with Crippen molar-refractivity contribution in [2.75, 3.05) is 7.05 Å². The van der Waals surface area contributed by atoms with Gasteiger partial charge >= 0.3 is 0 Å². The van der Waals surface area contributed by atoms with Crippen molar-refractivity contribution < 1.29 is 17.7 Å². The molecule has 5 nitrogen and oxygen atoms in total. The van der Waals surface area contributed by atoms with E-state index in [-0.39, 0.29) is 12.4 Å². The van der Waals surface area contributed by atoms with Gasteiger partial charge in [-0.15, -0.1) is 0 Å². The fourth-order valence-corrected chi connectivity index (χ4v) is 2.01. The van der Waals surface area contributed by atoms with Gasteiger partial charge in [0, 0.05) is 0 Å². The molecule has 0 bridgehead atoms. The van der Waals surface area contributed by atoms with Crippen LogP contribution in [0.5, 0.6) is 0 Å². The van der Waals surface area contributed by atoms with Crippen LogP contribution in [0.15, 0.2) is 43.0 Å². The molecule has 0 atom stereocenters. The van der Waals surface area contributed by atoms with Gasteiger partial charge in [0.05, 0.1) is 19.9 Å². The van der Waals surface area contributed by atoms with Crippen LogP contribution in [0, 0.1) is 0 Å². The lowest BCUT2D eigenvalue weighted by Gasteiger charge is -2.03. The van der Waals surface area contributed by atoms with Gasteiger partial charge in [-0.05, 0) is 5.56 Å². The summed E-state index contributed by atoms with van der Waals surface area (Å²) in [4.78, 5) is 12.9. The summed E-state index contributed by atoms with van der Waals surface area (Å²) in [6, 6.07) is 10.3. The quantitative estimate of drug-likeness (QED) is 0.585. The number of nitrogens with two attached hydrogens (primary N) is 1. The van der Waals surface area contributed by atoms with E-state index in [4.69, 9.17) is 0 Å². The minimum atomic E-state index is 0. The van der Waals surface area contributed by atoms with E-state index in [0.717, 1.165) is 23.5 Å². The van der Waals surface area contributed by atoms with E-state index in [0.29, 0.717) is 0 Å². The summed E-state index contributed by atoms with van der Waals surface area (Å²) < 4.78 is 2.04. The maximum absolute atomic E-state index is 4.39. The lowest BCUT2D eigenvalue weighted by Crippen LogP contribution is -3.00. The molecule has 0 aliphatic rings. The lowest BCUT2D eigenvalue weighted by atomic mass is 10.2. The number of benzene rings is 1. The third-order valence-electron chi connectivity index (χ3n) is 2.90. The molecule has 0 spiro atoms. The molecule has 0 fully saturated rings. The number of rotatable bonds is 3. The fraction of sp³-hybridized carbons (Fsp3) is 0.154. The van der Waals surface area contributed by atoms with Gasteiger partial charge in [0.2, 0.25) is 0 Å². The second-order valence-corrected chi connectivity index (χ2v) is 4.08. The number of halogens is 1. The summed E-state index contributed by atoms with van der Waals surface area (Å²) in [5.74, 6) is 0.881. The molecule has 3 aromatic rings. The molecule has 0 amide bonds. The molecule has 0 unspecified atom stereocenters. The van der Waals surface area contributed by atoms with Crippen LogP contribution < -0.4 is 17.7 Å². The first-order chi connectivity index (χ1) is 8.88. The highest BCUT2D eigenvalue weighted by Gasteiger charge is 2.11. The maximum atomic E-state index is 4.39. The number of hydrogen-bond acceptors (Lipinski definition) is 3. The third kappa shape index (κ3) is 2.57. The molecule has 0 saturated carbocycles. The topological polar surface area (TPSA) is 60.2 Å². The van der Waals surface area contributed by atoms with Gasteiger partial charge in [0.15, 0.2) is 11.2 Å². The molecule has 0 aliphatic heterocycles. The Morgan fingerprint density at radius 1 is 1.11 bits per heavy atom. The van der Waals surface area contributed by atoms with Gasteiger partial charge in [-0.3, -0.25) is 5.32 Å². The Kier molecular flexibility index (Phi) is 4.09. The number of nitrogens with zero attached hydrogens (tertiary/aromatic N) is 4. The Hall–Kier alpha value is -1.98. The number of quaternary nitrogens is 1. The van der Waals surface area contributed by atoms with Gasteiger partial charge in [-0.2, -0.15) is 4.98 Å².